The quantitative estimate of drug-likeness (QED) is 0.513. The van der Waals surface area contributed by atoms with Gasteiger partial charge in [-0.3, -0.25) is 0 Å². The number of halogens is 1. The van der Waals surface area contributed by atoms with Crippen LogP contribution in [0.4, 0.5) is 0 Å². The van der Waals surface area contributed by atoms with Crippen LogP contribution in [0.5, 0.6) is 0 Å². The minimum atomic E-state index is -1.16. The van der Waals surface area contributed by atoms with Gasteiger partial charge in [-0.25, -0.2) is 14.6 Å². The van der Waals surface area contributed by atoms with E-state index < -0.39 is 11.9 Å². The van der Waals surface area contributed by atoms with Crippen molar-refractivity contribution >= 4 is 11.9 Å². The highest BCUT2D eigenvalue weighted by atomic mass is 19.0. The third-order valence-electron chi connectivity index (χ3n) is 1.28. The second kappa shape index (κ2) is 4.15. The van der Waals surface area contributed by atoms with E-state index in [1.54, 1.807) is 0 Å². The van der Waals surface area contributed by atoms with Crippen LogP contribution in [0.25, 0.3) is 0 Å². The number of carboxylic acid groups (broad SMARTS) is 2. The first-order valence-corrected chi connectivity index (χ1v) is 3.09. The molecule has 70 valence electrons. The van der Waals surface area contributed by atoms with Gasteiger partial charge in [-0.1, -0.05) is 0 Å². The molecular formula is C7H6FNO4. The Morgan fingerprint density at radius 1 is 1.08 bits per heavy atom. The fourth-order valence-corrected chi connectivity index (χ4v) is 0.719. The number of aromatic carboxylic acids is 2. The topological polar surface area (TPSA) is 88.7 Å². The first kappa shape index (κ1) is 11.0. The maximum absolute atomic E-state index is 10.4. The third-order valence-corrected chi connectivity index (χ3v) is 1.28. The van der Waals surface area contributed by atoms with E-state index in [9.17, 15) is 9.59 Å². The Morgan fingerprint density at radius 2 is 1.46 bits per heavy atom. The summed E-state index contributed by atoms with van der Waals surface area (Å²) in [6.45, 7) is 0. The Kier molecular flexibility index (Phi) is 3.52. The fourth-order valence-electron chi connectivity index (χ4n) is 0.719. The Balaban J connectivity index is 0.00000144. The fraction of sp³-hybridized carbons (Fsp3) is 0. The van der Waals surface area contributed by atoms with Crippen LogP contribution in [-0.2, 0) is 0 Å². The van der Waals surface area contributed by atoms with Crippen molar-refractivity contribution in [2.24, 2.45) is 0 Å². The molecule has 0 spiro atoms. The molecule has 1 heterocycles. The van der Waals surface area contributed by atoms with Crippen molar-refractivity contribution in [3.05, 3.63) is 29.6 Å². The van der Waals surface area contributed by atoms with Crippen LogP contribution < -0.4 is 9.69 Å². The Bertz CT molecular complexity index is 310. The van der Waals surface area contributed by atoms with Gasteiger partial charge in [0.25, 0.3) is 0 Å². The summed E-state index contributed by atoms with van der Waals surface area (Å²) < 4.78 is 0. The van der Waals surface area contributed by atoms with Crippen LogP contribution >= 0.6 is 0 Å². The molecule has 1 rings (SSSR count). The van der Waals surface area contributed by atoms with Crippen molar-refractivity contribution in [1.82, 2.24) is 0 Å². The molecule has 0 saturated carbocycles. The number of hydrogen-bond acceptors (Lipinski definition) is 2. The lowest BCUT2D eigenvalue weighted by Gasteiger charge is -1.90. The third kappa shape index (κ3) is 2.51. The number of carbonyl (C=O) groups is 2. The van der Waals surface area contributed by atoms with Gasteiger partial charge < -0.3 is 14.9 Å². The molecule has 0 amide bonds. The molecule has 0 saturated heterocycles. The lowest BCUT2D eigenvalue weighted by atomic mass is 10.2. The predicted octanol–water partition coefficient (Wildman–Crippen LogP) is -3.10. The van der Waals surface area contributed by atoms with Crippen LogP contribution in [0.15, 0.2) is 18.5 Å². The van der Waals surface area contributed by atoms with E-state index >= 15 is 0 Å². The van der Waals surface area contributed by atoms with E-state index in [0.717, 1.165) is 6.07 Å². The molecule has 0 radical (unpaired) electrons. The molecule has 0 aliphatic heterocycles. The summed E-state index contributed by atoms with van der Waals surface area (Å²) in [5.41, 5.74) is -0.148. The number of pyridine rings is 1. The highest BCUT2D eigenvalue weighted by Crippen LogP contribution is 1.99. The van der Waals surface area contributed by atoms with Gasteiger partial charge in [0, 0.05) is 0 Å². The van der Waals surface area contributed by atoms with Gasteiger partial charge in [-0.15, -0.1) is 0 Å². The summed E-state index contributed by atoms with van der Waals surface area (Å²) in [6, 6.07) is 1.08. The van der Waals surface area contributed by atoms with E-state index in [0.29, 0.717) is 0 Å². The van der Waals surface area contributed by atoms with Crippen molar-refractivity contribution in [3.63, 3.8) is 0 Å². The van der Waals surface area contributed by atoms with Gasteiger partial charge in [0.1, 0.15) is 11.1 Å². The van der Waals surface area contributed by atoms with E-state index in [1.165, 1.54) is 12.4 Å². The van der Waals surface area contributed by atoms with E-state index in [4.69, 9.17) is 10.2 Å². The zero-order chi connectivity index (χ0) is 9.14. The lowest BCUT2D eigenvalue weighted by Crippen LogP contribution is -3.00. The Morgan fingerprint density at radius 3 is 1.77 bits per heavy atom. The molecule has 0 unspecified atom stereocenters. The minimum Gasteiger partial charge on any atom is -1.00 e. The average Bonchev–Trinajstić information content (AvgIpc) is 2.04. The molecule has 1 aromatic rings. The van der Waals surface area contributed by atoms with Crippen LogP contribution in [-0.4, -0.2) is 22.2 Å². The average molecular weight is 187 g/mol. The van der Waals surface area contributed by atoms with Crippen molar-refractivity contribution in [3.8, 4) is 0 Å². The highest BCUT2D eigenvalue weighted by molar-refractivity contribution is 5.92. The second-order valence-corrected chi connectivity index (χ2v) is 2.12. The zero-order valence-corrected chi connectivity index (χ0v) is 6.32. The van der Waals surface area contributed by atoms with Crippen LogP contribution in [0.3, 0.4) is 0 Å². The predicted molar refractivity (Wildman–Crippen MR) is 36.9 cm³/mol. The van der Waals surface area contributed by atoms with Gasteiger partial charge in [0.2, 0.25) is 0 Å². The zero-order valence-electron chi connectivity index (χ0n) is 6.32. The number of nitrogens with one attached hydrogen (secondary N) is 1. The highest BCUT2D eigenvalue weighted by Gasteiger charge is 2.11. The van der Waals surface area contributed by atoms with E-state index in [-0.39, 0.29) is 15.8 Å². The molecular weight excluding hydrogens is 181 g/mol. The van der Waals surface area contributed by atoms with Gasteiger partial charge in [-0.2, -0.15) is 0 Å². The maximum atomic E-state index is 10.4. The summed E-state index contributed by atoms with van der Waals surface area (Å²) in [6.07, 6.45) is 2.43. The summed E-state index contributed by atoms with van der Waals surface area (Å²) in [7, 11) is 0. The van der Waals surface area contributed by atoms with Crippen molar-refractivity contribution in [2.45, 2.75) is 0 Å². The molecule has 3 N–H and O–H groups in total. The van der Waals surface area contributed by atoms with Crippen molar-refractivity contribution in [2.75, 3.05) is 0 Å². The number of carboxylic acids is 2. The lowest BCUT2D eigenvalue weighted by molar-refractivity contribution is -0.378. The second-order valence-electron chi connectivity index (χ2n) is 2.12. The summed E-state index contributed by atoms with van der Waals surface area (Å²) in [5, 5.41) is 17.0. The number of rotatable bonds is 2. The molecule has 0 aliphatic carbocycles. The number of hydrogen-bond donors (Lipinski definition) is 2. The number of aromatic amines is 1. The normalized spacial score (nSPS) is 8.62. The first-order valence-electron chi connectivity index (χ1n) is 3.09. The molecule has 1 aromatic heterocycles. The first-order chi connectivity index (χ1) is 5.61. The summed E-state index contributed by atoms with van der Waals surface area (Å²) in [4.78, 5) is 23.2. The van der Waals surface area contributed by atoms with E-state index in [1.807, 2.05) is 0 Å². The Labute approximate surface area is 72.0 Å². The van der Waals surface area contributed by atoms with Crippen LogP contribution in [0.2, 0.25) is 0 Å². The molecule has 0 fully saturated rings. The van der Waals surface area contributed by atoms with Crippen molar-refractivity contribution < 1.29 is 29.5 Å². The van der Waals surface area contributed by atoms with Gasteiger partial charge in [0.15, 0.2) is 12.4 Å². The van der Waals surface area contributed by atoms with Crippen molar-refractivity contribution in [1.29, 1.82) is 0 Å². The SMILES string of the molecule is O=C(O)c1c[nH+]cc(C(=O)O)c1.[F-]. The van der Waals surface area contributed by atoms with Gasteiger partial charge in [0.05, 0.1) is 0 Å². The number of aromatic nitrogens is 1. The summed E-state index contributed by atoms with van der Waals surface area (Å²) in [5.74, 6) is -2.32. The molecule has 5 nitrogen and oxygen atoms in total. The van der Waals surface area contributed by atoms with Crippen LogP contribution in [0.1, 0.15) is 20.7 Å². The van der Waals surface area contributed by atoms with Gasteiger partial charge in [-0.05, 0) is 6.07 Å². The smallest absolute Gasteiger partial charge is 0.341 e. The molecule has 13 heavy (non-hydrogen) atoms. The van der Waals surface area contributed by atoms with Gasteiger partial charge >= 0.3 is 11.9 Å². The Hall–Kier alpha value is -1.98. The monoisotopic (exact) mass is 187 g/mol. The molecule has 0 aliphatic rings. The number of H-pyrrole nitrogens is 1. The maximum Gasteiger partial charge on any atom is 0.341 e. The van der Waals surface area contributed by atoms with Crippen LogP contribution in [0, 0.1) is 0 Å². The summed E-state index contributed by atoms with van der Waals surface area (Å²) >= 11 is 0. The largest absolute Gasteiger partial charge is 1.00 e. The standard InChI is InChI=1S/C7H5NO4.FH/c9-6(10)4-1-5(7(11)12)3-8-2-4;/h1-3H,(H,9,10)(H,11,12);1H. The van der Waals surface area contributed by atoms with E-state index in [2.05, 4.69) is 4.98 Å². The molecule has 0 bridgehead atoms. The molecule has 0 aromatic carbocycles. The molecule has 6 heteroatoms. The minimum absolute atomic E-state index is 0. The molecule has 0 atom stereocenters.